The van der Waals surface area contributed by atoms with Crippen molar-refractivity contribution < 1.29 is 19.1 Å². The van der Waals surface area contributed by atoms with Crippen molar-refractivity contribution in [1.29, 1.82) is 0 Å². The Balaban J connectivity index is 1.54. The number of hydrogen-bond donors (Lipinski definition) is 1. The number of rotatable bonds is 5. The predicted octanol–water partition coefficient (Wildman–Crippen LogP) is 4.99. The van der Waals surface area contributed by atoms with Gasteiger partial charge in [0.15, 0.2) is 0 Å². The summed E-state index contributed by atoms with van der Waals surface area (Å²) < 4.78 is 4.88. The number of nitrogens with one attached hydrogen (secondary N) is 1. The van der Waals surface area contributed by atoms with Crippen molar-refractivity contribution in [3.05, 3.63) is 95.1 Å². The summed E-state index contributed by atoms with van der Waals surface area (Å²) in [5, 5.41) is 2.99. The van der Waals surface area contributed by atoms with Crippen LogP contribution in [0.15, 0.2) is 72.8 Å². The van der Waals surface area contributed by atoms with Gasteiger partial charge in [0.05, 0.1) is 24.0 Å². The number of carbonyl (C=O) groups is 3. The van der Waals surface area contributed by atoms with Crippen LogP contribution in [0.3, 0.4) is 0 Å². The molecule has 1 N–H and O–H groups in total. The number of hydrogen-bond acceptors (Lipinski definition) is 5. The lowest BCUT2D eigenvalue weighted by Crippen LogP contribution is -2.49. The Morgan fingerprint density at radius 2 is 1.41 bits per heavy atom. The molecule has 0 saturated carbocycles. The van der Waals surface area contributed by atoms with E-state index < -0.39 is 5.97 Å². The Bertz CT molecular complexity index is 1270. The lowest BCUT2D eigenvalue weighted by atomic mass is 9.87. The second-order valence-electron chi connectivity index (χ2n) is 10.2. The van der Waals surface area contributed by atoms with Crippen LogP contribution in [0, 0.1) is 0 Å². The fourth-order valence-corrected chi connectivity index (χ4v) is 4.39. The molecule has 37 heavy (non-hydrogen) atoms. The van der Waals surface area contributed by atoms with E-state index in [9.17, 15) is 14.4 Å². The summed E-state index contributed by atoms with van der Waals surface area (Å²) in [7, 11) is 1.33. The van der Waals surface area contributed by atoms with Gasteiger partial charge in [-0.3, -0.25) is 9.59 Å². The van der Waals surface area contributed by atoms with Gasteiger partial charge in [-0.25, -0.2) is 4.79 Å². The van der Waals surface area contributed by atoms with E-state index in [-0.39, 0.29) is 17.2 Å². The van der Waals surface area contributed by atoms with Crippen molar-refractivity contribution >= 4 is 29.2 Å². The molecule has 3 aromatic carbocycles. The summed E-state index contributed by atoms with van der Waals surface area (Å²) in [4.78, 5) is 42.2. The molecule has 0 aromatic heterocycles. The summed E-state index contributed by atoms with van der Waals surface area (Å²) >= 11 is 0. The number of ether oxygens (including phenoxy) is 1. The molecule has 1 heterocycles. The SMILES string of the molecule is COC(=O)c1ccc(N2CCN(C(=O)c3ccccc3)CC2)c(NC(=O)c2ccc(C(C)(C)C)cc2)c1. The van der Waals surface area contributed by atoms with Gasteiger partial charge in [0, 0.05) is 37.3 Å². The highest BCUT2D eigenvalue weighted by Gasteiger charge is 2.25. The Labute approximate surface area is 218 Å². The molecule has 0 unspecified atom stereocenters. The first kappa shape index (κ1) is 25.9. The van der Waals surface area contributed by atoms with E-state index in [0.29, 0.717) is 48.6 Å². The Kier molecular flexibility index (Phi) is 7.62. The summed E-state index contributed by atoms with van der Waals surface area (Å²) in [6, 6.07) is 22.0. The van der Waals surface area contributed by atoms with Crippen molar-refractivity contribution in [3.8, 4) is 0 Å². The maximum atomic E-state index is 13.2. The summed E-state index contributed by atoms with van der Waals surface area (Å²) in [5.41, 5.74) is 3.99. The molecule has 0 radical (unpaired) electrons. The topological polar surface area (TPSA) is 79.0 Å². The summed E-state index contributed by atoms with van der Waals surface area (Å²) in [5.74, 6) is -0.731. The van der Waals surface area contributed by atoms with E-state index in [1.165, 1.54) is 7.11 Å². The third kappa shape index (κ3) is 6.00. The number of esters is 1. The molecular weight excluding hydrogens is 466 g/mol. The average molecular weight is 500 g/mol. The zero-order chi connectivity index (χ0) is 26.6. The van der Waals surface area contributed by atoms with Crippen LogP contribution in [0.1, 0.15) is 57.4 Å². The molecule has 2 amide bonds. The molecule has 1 aliphatic heterocycles. The van der Waals surface area contributed by atoms with Gasteiger partial charge < -0.3 is 19.9 Å². The molecule has 4 rings (SSSR count). The van der Waals surface area contributed by atoms with Crippen molar-refractivity contribution in [1.82, 2.24) is 4.90 Å². The molecule has 192 valence electrons. The number of anilines is 2. The van der Waals surface area contributed by atoms with Crippen molar-refractivity contribution in [2.24, 2.45) is 0 Å². The number of methoxy groups -OCH3 is 1. The molecule has 0 spiro atoms. The highest BCUT2D eigenvalue weighted by atomic mass is 16.5. The fourth-order valence-electron chi connectivity index (χ4n) is 4.39. The maximum Gasteiger partial charge on any atom is 0.337 e. The van der Waals surface area contributed by atoms with Crippen molar-refractivity contribution in [2.45, 2.75) is 26.2 Å². The van der Waals surface area contributed by atoms with Crippen LogP contribution in [0.2, 0.25) is 0 Å². The average Bonchev–Trinajstić information content (AvgIpc) is 2.92. The van der Waals surface area contributed by atoms with Gasteiger partial charge in [0.2, 0.25) is 0 Å². The smallest absolute Gasteiger partial charge is 0.337 e. The second kappa shape index (κ2) is 10.9. The molecule has 1 fully saturated rings. The monoisotopic (exact) mass is 499 g/mol. The first-order valence-corrected chi connectivity index (χ1v) is 12.4. The highest BCUT2D eigenvalue weighted by molar-refractivity contribution is 6.07. The van der Waals surface area contributed by atoms with Crippen LogP contribution in [0.5, 0.6) is 0 Å². The van der Waals surface area contributed by atoms with Gasteiger partial charge in [0.1, 0.15) is 0 Å². The van der Waals surface area contributed by atoms with Gasteiger partial charge in [-0.15, -0.1) is 0 Å². The van der Waals surface area contributed by atoms with Crippen LogP contribution >= 0.6 is 0 Å². The van der Waals surface area contributed by atoms with Gasteiger partial charge in [-0.2, -0.15) is 0 Å². The lowest BCUT2D eigenvalue weighted by molar-refractivity contribution is 0.0600. The highest BCUT2D eigenvalue weighted by Crippen LogP contribution is 2.30. The number of amides is 2. The number of carbonyl (C=O) groups excluding carboxylic acids is 3. The van der Waals surface area contributed by atoms with Gasteiger partial charge >= 0.3 is 5.97 Å². The maximum absolute atomic E-state index is 13.2. The Morgan fingerprint density at radius 1 is 0.784 bits per heavy atom. The van der Waals surface area contributed by atoms with Gasteiger partial charge in [-0.1, -0.05) is 51.1 Å². The standard InChI is InChI=1S/C30H33N3O4/c1-30(2,3)24-13-10-21(11-14-24)27(34)31-25-20-23(29(36)37-4)12-15-26(25)32-16-18-33(19-17-32)28(35)22-8-6-5-7-9-22/h5-15,20H,16-19H2,1-4H3,(H,31,34). The minimum atomic E-state index is -0.477. The third-order valence-electron chi connectivity index (χ3n) is 6.61. The zero-order valence-electron chi connectivity index (χ0n) is 21.8. The van der Waals surface area contributed by atoms with Gasteiger partial charge in [-0.05, 0) is 53.4 Å². The van der Waals surface area contributed by atoms with Crippen LogP contribution < -0.4 is 10.2 Å². The summed E-state index contributed by atoms with van der Waals surface area (Å²) in [6.07, 6.45) is 0. The largest absolute Gasteiger partial charge is 0.465 e. The first-order chi connectivity index (χ1) is 17.7. The number of nitrogens with zero attached hydrogens (tertiary/aromatic N) is 2. The molecule has 3 aromatic rings. The van der Waals surface area contributed by atoms with E-state index in [2.05, 4.69) is 31.0 Å². The Morgan fingerprint density at radius 3 is 2.00 bits per heavy atom. The molecule has 1 saturated heterocycles. The first-order valence-electron chi connectivity index (χ1n) is 12.4. The van der Waals surface area contributed by atoms with Crippen LogP contribution in [0.4, 0.5) is 11.4 Å². The molecule has 1 aliphatic rings. The second-order valence-corrected chi connectivity index (χ2v) is 10.2. The Hall–Kier alpha value is -4.13. The molecule has 0 aliphatic carbocycles. The molecule has 0 bridgehead atoms. The van der Waals surface area contributed by atoms with Gasteiger partial charge in [0.25, 0.3) is 11.8 Å². The molecule has 7 heteroatoms. The number of piperazine rings is 1. The third-order valence-corrected chi connectivity index (χ3v) is 6.61. The van der Waals surface area contributed by atoms with E-state index in [1.54, 1.807) is 12.1 Å². The van der Waals surface area contributed by atoms with E-state index in [0.717, 1.165) is 11.3 Å². The quantitative estimate of drug-likeness (QED) is 0.501. The van der Waals surface area contributed by atoms with Crippen LogP contribution in [-0.2, 0) is 10.2 Å². The van der Waals surface area contributed by atoms with E-state index in [1.807, 2.05) is 65.6 Å². The fraction of sp³-hybridized carbons (Fsp3) is 0.300. The predicted molar refractivity (Wildman–Crippen MR) is 145 cm³/mol. The summed E-state index contributed by atoms with van der Waals surface area (Å²) in [6.45, 7) is 8.67. The van der Waals surface area contributed by atoms with Crippen molar-refractivity contribution in [3.63, 3.8) is 0 Å². The minimum absolute atomic E-state index is 0.00789. The number of benzene rings is 3. The van der Waals surface area contributed by atoms with E-state index >= 15 is 0 Å². The normalized spacial score (nSPS) is 13.7. The zero-order valence-corrected chi connectivity index (χ0v) is 21.8. The molecular formula is C30H33N3O4. The molecule has 0 atom stereocenters. The van der Waals surface area contributed by atoms with Crippen LogP contribution in [-0.4, -0.2) is 56.0 Å². The molecule has 7 nitrogen and oxygen atoms in total. The minimum Gasteiger partial charge on any atom is -0.465 e. The lowest BCUT2D eigenvalue weighted by Gasteiger charge is -2.37. The van der Waals surface area contributed by atoms with Crippen molar-refractivity contribution in [2.75, 3.05) is 43.5 Å². The van der Waals surface area contributed by atoms with Crippen LogP contribution in [0.25, 0.3) is 0 Å². The van der Waals surface area contributed by atoms with E-state index in [4.69, 9.17) is 4.74 Å².